The molecule has 0 saturated heterocycles. The van der Waals surface area contributed by atoms with Crippen LogP contribution in [0.1, 0.15) is 46.8 Å². The predicted molar refractivity (Wildman–Crippen MR) is 136 cm³/mol. The second kappa shape index (κ2) is 9.82. The molecule has 1 aliphatic heterocycles. The molecule has 1 heterocycles. The second-order valence-electron chi connectivity index (χ2n) is 9.01. The zero-order chi connectivity index (χ0) is 22.8. The standard InChI is InChI=1S/C29H32O3S/c1-19-16-23(31-14-5-13-30-3)17-20(2)29(19)26-7-4-6-25-24(26)10-11-27(25)32-22-9-8-21-12-15-33-28(21)18-22/h4,6-9,16-18,27H,5,10-15H2,1-3H3. The number of hydrogen-bond acceptors (Lipinski definition) is 4. The second-order valence-corrected chi connectivity index (χ2v) is 10.2. The highest BCUT2D eigenvalue weighted by Crippen LogP contribution is 2.43. The van der Waals surface area contributed by atoms with Crippen molar-refractivity contribution < 1.29 is 14.2 Å². The monoisotopic (exact) mass is 460 g/mol. The molecule has 0 spiro atoms. The maximum absolute atomic E-state index is 6.52. The Kier molecular flexibility index (Phi) is 6.66. The molecule has 2 aliphatic rings. The van der Waals surface area contributed by atoms with Crippen LogP contribution in [0.3, 0.4) is 0 Å². The van der Waals surface area contributed by atoms with E-state index in [0.717, 1.165) is 37.4 Å². The van der Waals surface area contributed by atoms with Crippen molar-refractivity contribution in [3.05, 3.63) is 76.3 Å². The van der Waals surface area contributed by atoms with Crippen LogP contribution in [0.5, 0.6) is 11.5 Å². The summed E-state index contributed by atoms with van der Waals surface area (Å²) in [4.78, 5) is 1.38. The Morgan fingerprint density at radius 3 is 2.61 bits per heavy atom. The molecule has 0 amide bonds. The number of fused-ring (bicyclic) bond motifs is 2. The summed E-state index contributed by atoms with van der Waals surface area (Å²) in [6.45, 7) is 5.77. The lowest BCUT2D eigenvalue weighted by Gasteiger charge is -2.18. The van der Waals surface area contributed by atoms with Crippen molar-refractivity contribution in [1.29, 1.82) is 0 Å². The summed E-state index contributed by atoms with van der Waals surface area (Å²) in [6.07, 6.45) is 4.26. The van der Waals surface area contributed by atoms with Gasteiger partial charge in [-0.15, -0.1) is 11.8 Å². The zero-order valence-electron chi connectivity index (χ0n) is 19.8. The molecule has 0 aromatic heterocycles. The van der Waals surface area contributed by atoms with Gasteiger partial charge in [0.15, 0.2) is 0 Å². The van der Waals surface area contributed by atoms with Gasteiger partial charge in [0, 0.05) is 30.8 Å². The van der Waals surface area contributed by atoms with Crippen LogP contribution in [-0.2, 0) is 17.6 Å². The van der Waals surface area contributed by atoms with Crippen LogP contribution in [0.25, 0.3) is 11.1 Å². The number of methoxy groups -OCH3 is 1. The van der Waals surface area contributed by atoms with E-state index in [1.807, 2.05) is 11.8 Å². The molecule has 5 rings (SSSR count). The van der Waals surface area contributed by atoms with Crippen molar-refractivity contribution >= 4 is 11.8 Å². The summed E-state index contributed by atoms with van der Waals surface area (Å²) in [5.41, 5.74) is 9.39. The number of thioether (sulfide) groups is 1. The third kappa shape index (κ3) is 4.64. The molecule has 1 unspecified atom stereocenters. The van der Waals surface area contributed by atoms with Crippen LogP contribution in [0.4, 0.5) is 0 Å². The lowest BCUT2D eigenvalue weighted by atomic mass is 9.90. The van der Waals surface area contributed by atoms with Gasteiger partial charge in [0.05, 0.1) is 6.61 Å². The zero-order valence-corrected chi connectivity index (χ0v) is 20.6. The fourth-order valence-corrected chi connectivity index (χ4v) is 6.28. The fraction of sp³-hybridized carbons (Fsp3) is 0.379. The van der Waals surface area contributed by atoms with Crippen molar-refractivity contribution in [2.45, 2.75) is 50.5 Å². The number of aryl methyl sites for hydroxylation is 3. The van der Waals surface area contributed by atoms with Gasteiger partial charge in [0.2, 0.25) is 0 Å². The molecule has 33 heavy (non-hydrogen) atoms. The quantitative estimate of drug-likeness (QED) is 0.335. The Balaban J connectivity index is 1.39. The third-order valence-electron chi connectivity index (χ3n) is 6.70. The average molecular weight is 461 g/mol. The first kappa shape index (κ1) is 22.4. The van der Waals surface area contributed by atoms with Crippen molar-refractivity contribution in [3.8, 4) is 22.6 Å². The minimum absolute atomic E-state index is 0.119. The maximum Gasteiger partial charge on any atom is 0.124 e. The maximum atomic E-state index is 6.52. The van der Waals surface area contributed by atoms with E-state index in [1.165, 1.54) is 56.0 Å². The smallest absolute Gasteiger partial charge is 0.124 e. The van der Waals surface area contributed by atoms with Crippen LogP contribution >= 0.6 is 11.8 Å². The molecule has 3 nitrogen and oxygen atoms in total. The Labute approximate surface area is 201 Å². The Morgan fingerprint density at radius 2 is 1.79 bits per heavy atom. The number of benzene rings is 3. The molecule has 0 bridgehead atoms. The first-order chi connectivity index (χ1) is 16.1. The van der Waals surface area contributed by atoms with E-state index >= 15 is 0 Å². The van der Waals surface area contributed by atoms with Crippen molar-refractivity contribution in [2.24, 2.45) is 0 Å². The first-order valence-electron chi connectivity index (χ1n) is 11.9. The normalized spacial score (nSPS) is 16.5. The molecule has 172 valence electrons. The van der Waals surface area contributed by atoms with E-state index in [-0.39, 0.29) is 6.10 Å². The number of rotatable bonds is 8. The molecule has 0 radical (unpaired) electrons. The highest BCUT2D eigenvalue weighted by Gasteiger charge is 2.28. The van der Waals surface area contributed by atoms with Gasteiger partial charge in [-0.05, 0) is 96.3 Å². The molecule has 0 saturated carbocycles. The molecule has 1 atom stereocenters. The van der Waals surface area contributed by atoms with Gasteiger partial charge < -0.3 is 14.2 Å². The van der Waals surface area contributed by atoms with Crippen LogP contribution in [0, 0.1) is 13.8 Å². The summed E-state index contributed by atoms with van der Waals surface area (Å²) in [6, 6.07) is 17.6. The summed E-state index contributed by atoms with van der Waals surface area (Å²) >= 11 is 1.94. The number of ether oxygens (including phenoxy) is 3. The number of hydrogen-bond donors (Lipinski definition) is 0. The summed E-state index contributed by atoms with van der Waals surface area (Å²) in [5, 5.41) is 0. The van der Waals surface area contributed by atoms with E-state index in [9.17, 15) is 0 Å². The Bertz CT molecular complexity index is 1130. The van der Waals surface area contributed by atoms with Crippen molar-refractivity contribution in [2.75, 3.05) is 26.1 Å². The molecular weight excluding hydrogens is 428 g/mol. The van der Waals surface area contributed by atoms with Gasteiger partial charge in [-0.3, -0.25) is 0 Å². The third-order valence-corrected chi connectivity index (χ3v) is 7.80. The molecule has 3 aromatic rings. The Hall–Kier alpha value is -2.43. The van der Waals surface area contributed by atoms with Gasteiger partial charge in [-0.1, -0.05) is 24.3 Å². The van der Waals surface area contributed by atoms with E-state index in [1.54, 1.807) is 7.11 Å². The first-order valence-corrected chi connectivity index (χ1v) is 12.9. The SMILES string of the molecule is COCCCOc1cc(C)c(-c2cccc3c2CCC3Oc2ccc3c(c2)SCC3)c(C)c1. The minimum Gasteiger partial charge on any atom is -0.493 e. The lowest BCUT2D eigenvalue weighted by molar-refractivity contribution is 0.172. The average Bonchev–Trinajstić information content (AvgIpc) is 3.44. The van der Waals surface area contributed by atoms with Gasteiger partial charge >= 0.3 is 0 Å². The van der Waals surface area contributed by atoms with Crippen LogP contribution in [0.2, 0.25) is 0 Å². The molecule has 3 aromatic carbocycles. The van der Waals surface area contributed by atoms with E-state index in [0.29, 0.717) is 6.61 Å². The Morgan fingerprint density at radius 1 is 0.939 bits per heavy atom. The van der Waals surface area contributed by atoms with Gasteiger partial charge in [0.25, 0.3) is 0 Å². The van der Waals surface area contributed by atoms with Gasteiger partial charge in [-0.2, -0.15) is 0 Å². The van der Waals surface area contributed by atoms with E-state index in [2.05, 4.69) is 62.4 Å². The highest BCUT2D eigenvalue weighted by atomic mass is 32.2. The summed E-state index contributed by atoms with van der Waals surface area (Å²) in [7, 11) is 1.72. The van der Waals surface area contributed by atoms with E-state index in [4.69, 9.17) is 14.2 Å². The largest absolute Gasteiger partial charge is 0.493 e. The molecule has 0 fully saturated rings. The van der Waals surface area contributed by atoms with Crippen LogP contribution in [-0.4, -0.2) is 26.1 Å². The van der Waals surface area contributed by atoms with Crippen molar-refractivity contribution in [1.82, 2.24) is 0 Å². The van der Waals surface area contributed by atoms with Crippen molar-refractivity contribution in [3.63, 3.8) is 0 Å². The van der Waals surface area contributed by atoms with Gasteiger partial charge in [0.1, 0.15) is 17.6 Å². The fourth-order valence-electron chi connectivity index (χ4n) is 5.18. The molecular formula is C29H32O3S. The molecule has 0 N–H and O–H groups in total. The van der Waals surface area contributed by atoms with Gasteiger partial charge in [-0.25, -0.2) is 0 Å². The van der Waals surface area contributed by atoms with Crippen LogP contribution in [0.15, 0.2) is 53.4 Å². The molecule has 1 aliphatic carbocycles. The predicted octanol–water partition coefficient (Wildman–Crippen LogP) is 7.10. The molecule has 4 heteroatoms. The summed E-state index contributed by atoms with van der Waals surface area (Å²) < 4.78 is 17.6. The lowest BCUT2D eigenvalue weighted by Crippen LogP contribution is -2.04. The summed E-state index contributed by atoms with van der Waals surface area (Å²) in [5.74, 6) is 3.12. The topological polar surface area (TPSA) is 27.7 Å². The highest BCUT2D eigenvalue weighted by molar-refractivity contribution is 7.99. The minimum atomic E-state index is 0.119. The van der Waals surface area contributed by atoms with E-state index < -0.39 is 0 Å². The van der Waals surface area contributed by atoms with Crippen LogP contribution < -0.4 is 9.47 Å².